The predicted octanol–water partition coefficient (Wildman–Crippen LogP) is 3.46. The number of ether oxygens (including phenoxy) is 1. The van der Waals surface area contributed by atoms with E-state index in [9.17, 15) is 18.0 Å². The number of carbonyl (C=O) groups excluding carboxylic acids is 1. The highest BCUT2D eigenvalue weighted by Crippen LogP contribution is 2.36. The maximum Gasteiger partial charge on any atom is 0.418 e. The van der Waals surface area contributed by atoms with E-state index >= 15 is 0 Å². The van der Waals surface area contributed by atoms with Gasteiger partial charge in [-0.05, 0) is 18.2 Å². The van der Waals surface area contributed by atoms with Crippen LogP contribution in [-0.2, 0) is 15.7 Å². The average molecular weight is 280 g/mol. The molecule has 0 unspecified atom stereocenters. The molecule has 0 aromatic heterocycles. The minimum Gasteiger partial charge on any atom is -0.464 e. The van der Waals surface area contributed by atoms with Crippen LogP contribution in [0.15, 0.2) is 30.5 Å². The third-order valence-electron chi connectivity index (χ3n) is 2.00. The topological polar surface area (TPSA) is 38.3 Å². The lowest BCUT2D eigenvalue weighted by atomic mass is 10.1. The standard InChI is InChI=1S/C11H9ClF3NO2/c1-6(10(17)18-2)16-9-4-3-7(12)5-8(9)11(13,14)15/h3-5,16H,1H2,2H3. The fourth-order valence-electron chi connectivity index (χ4n) is 1.20. The number of alkyl halides is 3. The molecule has 0 saturated carbocycles. The number of anilines is 1. The van der Waals surface area contributed by atoms with E-state index in [1.165, 1.54) is 6.07 Å². The van der Waals surface area contributed by atoms with Crippen LogP contribution in [-0.4, -0.2) is 13.1 Å². The summed E-state index contributed by atoms with van der Waals surface area (Å²) in [4.78, 5) is 11.1. The van der Waals surface area contributed by atoms with Crippen molar-refractivity contribution in [1.29, 1.82) is 0 Å². The highest BCUT2D eigenvalue weighted by atomic mass is 35.5. The summed E-state index contributed by atoms with van der Waals surface area (Å²) < 4.78 is 42.5. The van der Waals surface area contributed by atoms with Gasteiger partial charge in [-0.15, -0.1) is 0 Å². The second-order valence-electron chi connectivity index (χ2n) is 3.28. The van der Waals surface area contributed by atoms with Gasteiger partial charge in [-0.2, -0.15) is 13.2 Å². The van der Waals surface area contributed by atoms with Gasteiger partial charge in [0.15, 0.2) is 0 Å². The SMILES string of the molecule is C=C(Nc1ccc(Cl)cc1C(F)(F)F)C(=O)OC. The Morgan fingerprint density at radius 3 is 2.56 bits per heavy atom. The van der Waals surface area contributed by atoms with Gasteiger partial charge in [-0.25, -0.2) is 4.79 Å². The van der Waals surface area contributed by atoms with E-state index in [0.29, 0.717) is 0 Å². The van der Waals surface area contributed by atoms with Crippen LogP contribution >= 0.6 is 11.6 Å². The molecule has 98 valence electrons. The number of halogens is 4. The van der Waals surface area contributed by atoms with Crippen LogP contribution < -0.4 is 5.32 Å². The number of esters is 1. The monoisotopic (exact) mass is 279 g/mol. The van der Waals surface area contributed by atoms with E-state index in [2.05, 4.69) is 16.6 Å². The van der Waals surface area contributed by atoms with Gasteiger partial charge in [0.05, 0.1) is 18.4 Å². The van der Waals surface area contributed by atoms with Crippen LogP contribution in [0.25, 0.3) is 0 Å². The average Bonchev–Trinajstić information content (AvgIpc) is 2.28. The fraction of sp³-hybridized carbons (Fsp3) is 0.182. The Hall–Kier alpha value is -1.69. The maximum absolute atomic E-state index is 12.7. The normalized spacial score (nSPS) is 10.9. The molecule has 0 aliphatic heterocycles. The molecular weight excluding hydrogens is 271 g/mol. The van der Waals surface area contributed by atoms with Crippen molar-refractivity contribution >= 4 is 23.3 Å². The van der Waals surface area contributed by atoms with Crippen molar-refractivity contribution in [3.05, 3.63) is 41.1 Å². The zero-order chi connectivity index (χ0) is 13.9. The molecule has 0 spiro atoms. The summed E-state index contributed by atoms with van der Waals surface area (Å²) in [5.41, 5.74) is -1.60. The highest BCUT2D eigenvalue weighted by Gasteiger charge is 2.34. The first kappa shape index (κ1) is 14.4. The van der Waals surface area contributed by atoms with E-state index in [0.717, 1.165) is 19.2 Å². The van der Waals surface area contributed by atoms with Crippen LogP contribution in [0.1, 0.15) is 5.56 Å². The number of benzene rings is 1. The Morgan fingerprint density at radius 2 is 2.06 bits per heavy atom. The quantitative estimate of drug-likeness (QED) is 0.680. The van der Waals surface area contributed by atoms with E-state index in [1.54, 1.807) is 0 Å². The zero-order valence-corrected chi connectivity index (χ0v) is 10.0. The van der Waals surface area contributed by atoms with E-state index < -0.39 is 17.7 Å². The van der Waals surface area contributed by atoms with Gasteiger partial charge in [0.2, 0.25) is 0 Å². The minimum atomic E-state index is -4.59. The summed E-state index contributed by atoms with van der Waals surface area (Å²) in [6.45, 7) is 3.28. The van der Waals surface area contributed by atoms with Gasteiger partial charge in [-0.1, -0.05) is 18.2 Å². The molecule has 0 aliphatic carbocycles. The Morgan fingerprint density at radius 1 is 1.44 bits per heavy atom. The van der Waals surface area contributed by atoms with Gasteiger partial charge in [0.1, 0.15) is 5.70 Å². The zero-order valence-electron chi connectivity index (χ0n) is 9.27. The van der Waals surface area contributed by atoms with E-state index in [-0.39, 0.29) is 16.4 Å². The van der Waals surface area contributed by atoms with Crippen molar-refractivity contribution in [3.63, 3.8) is 0 Å². The number of hydrogen-bond acceptors (Lipinski definition) is 3. The number of hydrogen-bond donors (Lipinski definition) is 1. The van der Waals surface area contributed by atoms with Crippen LogP contribution in [0, 0.1) is 0 Å². The molecule has 0 aliphatic rings. The van der Waals surface area contributed by atoms with Gasteiger partial charge in [0.25, 0.3) is 0 Å². The molecule has 0 fully saturated rings. The van der Waals surface area contributed by atoms with Crippen molar-refractivity contribution in [2.75, 3.05) is 12.4 Å². The summed E-state index contributed by atoms with van der Waals surface area (Å²) in [6.07, 6.45) is -4.59. The maximum atomic E-state index is 12.7. The number of carbonyl (C=O) groups is 1. The molecular formula is C11H9ClF3NO2. The Balaban J connectivity index is 3.10. The Labute approximate surface area is 106 Å². The molecule has 7 heteroatoms. The third kappa shape index (κ3) is 3.40. The van der Waals surface area contributed by atoms with E-state index in [1.807, 2.05) is 0 Å². The number of methoxy groups -OCH3 is 1. The molecule has 0 atom stereocenters. The highest BCUT2D eigenvalue weighted by molar-refractivity contribution is 6.30. The van der Waals surface area contributed by atoms with Crippen molar-refractivity contribution in [2.24, 2.45) is 0 Å². The fourth-order valence-corrected chi connectivity index (χ4v) is 1.37. The molecule has 0 saturated heterocycles. The van der Waals surface area contributed by atoms with Crippen molar-refractivity contribution < 1.29 is 22.7 Å². The van der Waals surface area contributed by atoms with Gasteiger partial charge in [0, 0.05) is 5.02 Å². The van der Waals surface area contributed by atoms with Crippen molar-refractivity contribution in [1.82, 2.24) is 0 Å². The summed E-state index contributed by atoms with van der Waals surface area (Å²) in [5.74, 6) is -0.849. The molecule has 1 aromatic rings. The molecule has 1 N–H and O–H groups in total. The van der Waals surface area contributed by atoms with Crippen LogP contribution in [0.5, 0.6) is 0 Å². The predicted molar refractivity (Wildman–Crippen MR) is 61.2 cm³/mol. The first-order chi connectivity index (χ1) is 8.25. The molecule has 0 amide bonds. The summed E-state index contributed by atoms with van der Waals surface area (Å²) in [5, 5.41) is 2.19. The summed E-state index contributed by atoms with van der Waals surface area (Å²) in [7, 11) is 1.10. The molecule has 1 rings (SSSR count). The molecule has 0 heterocycles. The lowest BCUT2D eigenvalue weighted by Gasteiger charge is -2.15. The van der Waals surface area contributed by atoms with Gasteiger partial charge >= 0.3 is 12.1 Å². The Bertz CT molecular complexity index is 486. The van der Waals surface area contributed by atoms with Crippen LogP contribution in [0.4, 0.5) is 18.9 Å². The number of nitrogens with one attached hydrogen (secondary N) is 1. The summed E-state index contributed by atoms with van der Waals surface area (Å²) in [6, 6.07) is 3.14. The summed E-state index contributed by atoms with van der Waals surface area (Å²) >= 11 is 5.51. The lowest BCUT2D eigenvalue weighted by molar-refractivity contribution is -0.138. The molecule has 0 radical (unpaired) electrons. The first-order valence-corrected chi connectivity index (χ1v) is 5.04. The van der Waals surface area contributed by atoms with Crippen molar-refractivity contribution in [2.45, 2.75) is 6.18 Å². The lowest BCUT2D eigenvalue weighted by Crippen LogP contribution is -2.15. The van der Waals surface area contributed by atoms with Gasteiger partial charge < -0.3 is 10.1 Å². The second kappa shape index (κ2) is 5.30. The minimum absolute atomic E-state index is 0.0587. The first-order valence-electron chi connectivity index (χ1n) is 4.66. The second-order valence-corrected chi connectivity index (χ2v) is 3.72. The molecule has 0 bridgehead atoms. The number of rotatable bonds is 3. The largest absolute Gasteiger partial charge is 0.464 e. The third-order valence-corrected chi connectivity index (χ3v) is 2.24. The smallest absolute Gasteiger partial charge is 0.418 e. The Kier molecular flexibility index (Phi) is 4.24. The van der Waals surface area contributed by atoms with Crippen molar-refractivity contribution in [3.8, 4) is 0 Å². The van der Waals surface area contributed by atoms with Crippen LogP contribution in [0.3, 0.4) is 0 Å². The van der Waals surface area contributed by atoms with E-state index in [4.69, 9.17) is 11.6 Å². The van der Waals surface area contributed by atoms with Gasteiger partial charge in [-0.3, -0.25) is 0 Å². The molecule has 1 aromatic carbocycles. The molecule has 3 nitrogen and oxygen atoms in total. The van der Waals surface area contributed by atoms with Crippen LogP contribution in [0.2, 0.25) is 5.02 Å². The molecule has 18 heavy (non-hydrogen) atoms.